The fraction of sp³-hybridized carbons (Fsp3) is 0.190. The van der Waals surface area contributed by atoms with E-state index in [0.29, 0.717) is 16.1 Å². The van der Waals surface area contributed by atoms with Gasteiger partial charge in [-0.2, -0.15) is 4.72 Å². The molecular formula is C21H18ClNO5S2. The lowest BCUT2D eigenvalue weighted by Gasteiger charge is -2.15. The van der Waals surface area contributed by atoms with E-state index in [0.717, 1.165) is 21.8 Å². The van der Waals surface area contributed by atoms with Crippen molar-refractivity contribution in [2.24, 2.45) is 0 Å². The topological polar surface area (TPSA) is 104 Å². The summed E-state index contributed by atoms with van der Waals surface area (Å²) in [7, 11) is -4.03. The van der Waals surface area contributed by atoms with Crippen LogP contribution in [0.15, 0.2) is 64.9 Å². The lowest BCUT2D eigenvalue weighted by molar-refractivity contribution is -0.140. The minimum absolute atomic E-state index is 0.0503. The van der Waals surface area contributed by atoms with Crippen LogP contribution in [0.5, 0.6) is 0 Å². The molecule has 1 fully saturated rings. The number of hydrogen-bond donors (Lipinski definition) is 3. The van der Waals surface area contributed by atoms with E-state index in [2.05, 4.69) is 4.72 Å². The smallest absolute Gasteiger partial charge is 0.325 e. The van der Waals surface area contributed by atoms with Crippen molar-refractivity contribution in [2.45, 2.75) is 28.7 Å². The number of rotatable bonds is 7. The maximum absolute atomic E-state index is 13.0. The van der Waals surface area contributed by atoms with Crippen LogP contribution in [-0.4, -0.2) is 30.1 Å². The maximum atomic E-state index is 13.0. The molecule has 0 saturated heterocycles. The summed E-state index contributed by atoms with van der Waals surface area (Å²) in [5.74, 6) is -1.69. The third-order valence-corrected chi connectivity index (χ3v) is 8.59. The molecule has 0 radical (unpaired) electrons. The normalized spacial score (nSPS) is 20.8. The molecule has 0 amide bonds. The fourth-order valence-corrected chi connectivity index (χ4v) is 6.28. The molecule has 3 N–H and O–H groups in total. The van der Waals surface area contributed by atoms with Gasteiger partial charge in [0.2, 0.25) is 0 Å². The quantitative estimate of drug-likeness (QED) is 0.493. The van der Waals surface area contributed by atoms with Crippen LogP contribution < -0.4 is 4.72 Å². The predicted molar refractivity (Wildman–Crippen MR) is 115 cm³/mol. The number of carboxylic acid groups (broad SMARTS) is 1. The van der Waals surface area contributed by atoms with E-state index >= 15 is 0 Å². The monoisotopic (exact) mass is 463 g/mol. The Labute approximate surface area is 182 Å². The Morgan fingerprint density at radius 3 is 2.37 bits per heavy atom. The number of carbonyl (C=O) groups is 1. The van der Waals surface area contributed by atoms with Crippen molar-refractivity contribution in [3.63, 3.8) is 0 Å². The molecule has 156 valence electrons. The molecule has 3 aromatic rings. The highest BCUT2D eigenvalue weighted by atomic mass is 35.5. The van der Waals surface area contributed by atoms with Crippen molar-refractivity contribution in [3.8, 4) is 10.4 Å². The van der Waals surface area contributed by atoms with E-state index < -0.39 is 27.4 Å². The van der Waals surface area contributed by atoms with Crippen LogP contribution in [0, 0.1) is 0 Å². The largest absolute Gasteiger partial charge is 0.480 e. The highest BCUT2D eigenvalue weighted by Crippen LogP contribution is 2.52. The zero-order valence-corrected chi connectivity index (χ0v) is 18.0. The van der Waals surface area contributed by atoms with Gasteiger partial charge in [-0.15, -0.1) is 11.3 Å². The van der Waals surface area contributed by atoms with E-state index in [9.17, 15) is 18.3 Å². The van der Waals surface area contributed by atoms with Gasteiger partial charge in [0.1, 0.15) is 9.75 Å². The van der Waals surface area contributed by atoms with Crippen LogP contribution in [0.4, 0.5) is 0 Å². The van der Waals surface area contributed by atoms with Gasteiger partial charge in [-0.3, -0.25) is 4.79 Å². The summed E-state index contributed by atoms with van der Waals surface area (Å²) in [4.78, 5) is 12.7. The number of carboxylic acids is 1. The van der Waals surface area contributed by atoms with Crippen LogP contribution in [0.25, 0.3) is 10.4 Å². The first-order valence-electron chi connectivity index (χ1n) is 9.08. The van der Waals surface area contributed by atoms with Crippen LogP contribution in [-0.2, 0) is 21.4 Å². The molecule has 1 aromatic heterocycles. The zero-order valence-electron chi connectivity index (χ0n) is 15.6. The number of thiophene rings is 1. The highest BCUT2D eigenvalue weighted by molar-refractivity contribution is 7.91. The molecule has 1 aliphatic rings. The second-order valence-corrected chi connectivity index (χ2v) is 10.6. The van der Waals surface area contributed by atoms with Crippen molar-refractivity contribution in [1.82, 2.24) is 4.72 Å². The highest BCUT2D eigenvalue weighted by Gasteiger charge is 2.63. The second kappa shape index (κ2) is 7.79. The van der Waals surface area contributed by atoms with E-state index in [1.807, 2.05) is 0 Å². The Morgan fingerprint density at radius 1 is 1.10 bits per heavy atom. The van der Waals surface area contributed by atoms with E-state index in [1.165, 1.54) is 6.07 Å². The molecule has 30 heavy (non-hydrogen) atoms. The lowest BCUT2D eigenvalue weighted by Crippen LogP contribution is -2.44. The Bertz CT molecular complexity index is 1190. The summed E-state index contributed by atoms with van der Waals surface area (Å²) in [5.41, 5.74) is 0.663. The summed E-state index contributed by atoms with van der Waals surface area (Å²) < 4.78 is 28.4. The van der Waals surface area contributed by atoms with Crippen LogP contribution >= 0.6 is 22.9 Å². The predicted octanol–water partition coefficient (Wildman–Crippen LogP) is 3.85. The zero-order chi connectivity index (χ0) is 21.5. The van der Waals surface area contributed by atoms with Gasteiger partial charge in [0.25, 0.3) is 10.0 Å². The van der Waals surface area contributed by atoms with E-state index in [1.54, 1.807) is 54.6 Å². The van der Waals surface area contributed by atoms with Crippen molar-refractivity contribution >= 4 is 38.9 Å². The third-order valence-electron chi connectivity index (χ3n) is 5.20. The second-order valence-electron chi connectivity index (χ2n) is 7.16. The number of sulfonamides is 1. The van der Waals surface area contributed by atoms with Gasteiger partial charge < -0.3 is 10.2 Å². The molecule has 0 spiro atoms. The number of halogens is 1. The number of benzene rings is 2. The van der Waals surface area contributed by atoms with E-state index in [-0.39, 0.29) is 17.2 Å². The van der Waals surface area contributed by atoms with Gasteiger partial charge in [-0.1, -0.05) is 48.0 Å². The maximum Gasteiger partial charge on any atom is 0.325 e. The Hall–Kier alpha value is -2.23. The lowest BCUT2D eigenvalue weighted by atomic mass is 10.0. The van der Waals surface area contributed by atoms with Crippen molar-refractivity contribution < 1.29 is 23.4 Å². The first-order valence-corrected chi connectivity index (χ1v) is 11.8. The van der Waals surface area contributed by atoms with Crippen molar-refractivity contribution in [1.29, 1.82) is 0 Å². The van der Waals surface area contributed by atoms with Crippen molar-refractivity contribution in [3.05, 3.63) is 76.8 Å². The first-order chi connectivity index (χ1) is 14.2. The average Bonchev–Trinajstić information content (AvgIpc) is 3.21. The summed E-state index contributed by atoms with van der Waals surface area (Å²) in [6.45, 7) is -0.115. The molecule has 0 unspecified atom stereocenters. The van der Waals surface area contributed by atoms with Crippen molar-refractivity contribution in [2.75, 3.05) is 0 Å². The summed E-state index contributed by atoms with van der Waals surface area (Å²) in [5, 5.41) is 19.5. The number of aliphatic hydroxyl groups is 1. The van der Waals surface area contributed by atoms with Gasteiger partial charge in [0.15, 0.2) is 0 Å². The SMILES string of the molecule is O=C(O)[C@@]1(NS(=O)(=O)c2ccc(-c3ccc(Cl)cc3)s2)C[C@H]1c1ccc(CO)cc1. The molecule has 4 rings (SSSR count). The van der Waals surface area contributed by atoms with Crippen LogP contribution in [0.2, 0.25) is 5.02 Å². The van der Waals surface area contributed by atoms with Crippen LogP contribution in [0.1, 0.15) is 23.5 Å². The third kappa shape index (κ3) is 3.89. The minimum Gasteiger partial charge on any atom is -0.480 e. The van der Waals surface area contributed by atoms with Gasteiger partial charge in [-0.25, -0.2) is 8.42 Å². The van der Waals surface area contributed by atoms with Gasteiger partial charge in [0, 0.05) is 15.8 Å². The molecule has 1 heterocycles. The molecule has 2 atom stereocenters. The van der Waals surface area contributed by atoms with E-state index in [4.69, 9.17) is 16.7 Å². The molecule has 1 saturated carbocycles. The number of hydrogen-bond acceptors (Lipinski definition) is 5. The molecule has 0 aliphatic heterocycles. The Morgan fingerprint density at radius 2 is 1.77 bits per heavy atom. The number of nitrogens with one attached hydrogen (secondary N) is 1. The molecule has 6 nitrogen and oxygen atoms in total. The molecular weight excluding hydrogens is 446 g/mol. The summed E-state index contributed by atoms with van der Waals surface area (Å²) >= 11 is 6.96. The van der Waals surface area contributed by atoms with Gasteiger partial charge in [0.05, 0.1) is 6.61 Å². The summed E-state index contributed by atoms with van der Waals surface area (Å²) in [6.07, 6.45) is 0.162. The molecule has 2 aromatic carbocycles. The Balaban J connectivity index is 1.58. The minimum atomic E-state index is -4.03. The van der Waals surface area contributed by atoms with Gasteiger partial charge in [-0.05, 0) is 47.4 Å². The standard InChI is InChI=1S/C21H18ClNO5S2/c22-16-7-5-15(6-8-16)18-9-10-19(29-18)30(27,28)23-21(20(25)26)11-17(21)14-3-1-13(12-24)2-4-14/h1-10,17,23-24H,11-12H2,(H,25,26)/t17-,21+/m0/s1. The molecule has 9 heteroatoms. The average molecular weight is 464 g/mol. The van der Waals surface area contributed by atoms with Gasteiger partial charge >= 0.3 is 5.97 Å². The molecule has 0 bridgehead atoms. The van der Waals surface area contributed by atoms with Crippen LogP contribution in [0.3, 0.4) is 0 Å². The number of aliphatic carboxylic acids is 1. The first kappa shape index (κ1) is 21.0. The Kier molecular flexibility index (Phi) is 5.46. The number of aliphatic hydroxyl groups excluding tert-OH is 1. The summed E-state index contributed by atoms with van der Waals surface area (Å²) in [6, 6.07) is 17.0. The molecule has 1 aliphatic carbocycles. The fourth-order valence-electron chi connectivity index (χ4n) is 3.44.